The van der Waals surface area contributed by atoms with E-state index in [4.69, 9.17) is 23.2 Å². The molecule has 0 spiro atoms. The highest BCUT2D eigenvalue weighted by atomic mass is 35.5. The highest BCUT2D eigenvalue weighted by molar-refractivity contribution is 6.35. The highest BCUT2D eigenvalue weighted by Crippen LogP contribution is 2.47. The quantitative estimate of drug-likeness (QED) is 0.213. The number of aryl methyl sites for hydroxylation is 1. The van der Waals surface area contributed by atoms with Crippen LogP contribution in [0.4, 0.5) is 16.0 Å². The molecule has 2 aromatic carbocycles. The maximum absolute atomic E-state index is 14.3. The summed E-state index contributed by atoms with van der Waals surface area (Å²) in [6, 6.07) is 11.4. The average Bonchev–Trinajstić information content (AvgIpc) is 4.00. The molecule has 2 fully saturated rings. The minimum atomic E-state index is -1.40. The number of aromatic nitrogens is 4. The van der Waals surface area contributed by atoms with Crippen LogP contribution in [-0.4, -0.2) is 42.8 Å². The molecule has 2 saturated carbocycles. The van der Waals surface area contributed by atoms with E-state index in [-0.39, 0.29) is 39.7 Å². The lowest BCUT2D eigenvalue weighted by Crippen LogP contribution is -2.52. The first-order valence-corrected chi connectivity index (χ1v) is 16.7. The van der Waals surface area contributed by atoms with Crippen LogP contribution < -0.4 is 15.5 Å². The summed E-state index contributed by atoms with van der Waals surface area (Å²) in [5, 5.41) is 14.7. The van der Waals surface area contributed by atoms with Gasteiger partial charge >= 0.3 is 0 Å². The number of fused-ring (bicyclic) bond motifs is 1. The van der Waals surface area contributed by atoms with Gasteiger partial charge in [-0.15, -0.1) is 0 Å². The standard InChI is InChI=1S/C33H27Cl2FN8O3.C2H6/c1-18-15-38-27(39-16-18)32(7-8-32)42-28(46)33(9-10-33)41-26(45)24-17-40-30-43(21-11-22(34)25(36)23(35)12-21)29(47)31(2,44(24)30)13-19-3-5-20(14-37)6-4-19;1-2/h3-6,11-12,15-17H,7-10,13H2,1-2H3,(H,41,45)(H,42,46);1-2H3/t31-;/m1./s1. The smallest absolute Gasteiger partial charge is 0.270 e. The largest absolute Gasteiger partial charge is 0.341 e. The first-order chi connectivity index (χ1) is 23.4. The Labute approximate surface area is 292 Å². The molecule has 0 bridgehead atoms. The molecule has 7 rings (SSSR count). The summed E-state index contributed by atoms with van der Waals surface area (Å²) in [6.07, 6.45) is 7.09. The van der Waals surface area contributed by atoms with Crippen molar-refractivity contribution in [2.45, 2.75) is 76.4 Å². The molecule has 11 nitrogen and oxygen atoms in total. The van der Waals surface area contributed by atoms with Crippen LogP contribution in [0.5, 0.6) is 0 Å². The number of anilines is 2. The van der Waals surface area contributed by atoms with Crippen molar-refractivity contribution < 1.29 is 18.8 Å². The SMILES string of the molecule is CC.Cc1cnc(C2(NC(=O)C3(NC(=O)c4cnc5n4[C@](C)(Cc4ccc(C#N)cc4)C(=O)N5c4cc(Cl)c(F)c(Cl)c4)CC3)CC2)nc1. The maximum Gasteiger partial charge on any atom is 0.270 e. The van der Waals surface area contributed by atoms with Crippen LogP contribution in [0, 0.1) is 24.1 Å². The Hall–Kier alpha value is -4.86. The Morgan fingerprint density at radius 3 is 2.14 bits per heavy atom. The molecular formula is C35H33Cl2FN8O3. The summed E-state index contributed by atoms with van der Waals surface area (Å²) in [6.45, 7) is 7.55. The number of benzene rings is 2. The molecule has 2 N–H and O–H groups in total. The van der Waals surface area contributed by atoms with Gasteiger partial charge in [-0.3, -0.25) is 19.0 Å². The summed E-state index contributed by atoms with van der Waals surface area (Å²) in [7, 11) is 0. The fourth-order valence-corrected chi connectivity index (χ4v) is 6.52. The van der Waals surface area contributed by atoms with Gasteiger partial charge in [-0.05, 0) is 74.9 Å². The third-order valence-electron chi connectivity index (χ3n) is 9.04. The summed E-state index contributed by atoms with van der Waals surface area (Å²) in [4.78, 5) is 56.4. The highest BCUT2D eigenvalue weighted by Gasteiger charge is 2.58. The topological polar surface area (TPSA) is 146 Å². The Bertz CT molecular complexity index is 1990. The van der Waals surface area contributed by atoms with E-state index in [2.05, 4.69) is 31.7 Å². The third kappa shape index (κ3) is 5.91. The van der Waals surface area contributed by atoms with Crippen LogP contribution in [0.3, 0.4) is 0 Å². The fourth-order valence-electron chi connectivity index (χ4n) is 6.05. The summed E-state index contributed by atoms with van der Waals surface area (Å²) in [5.41, 5.74) is -0.933. The Kier molecular flexibility index (Phi) is 8.71. The van der Waals surface area contributed by atoms with Gasteiger partial charge in [0.1, 0.15) is 22.3 Å². The first kappa shape index (κ1) is 34.0. The van der Waals surface area contributed by atoms with Crippen molar-refractivity contribution in [1.29, 1.82) is 5.26 Å². The molecule has 0 unspecified atom stereocenters. The number of carbonyl (C=O) groups is 3. The molecule has 3 amide bonds. The van der Waals surface area contributed by atoms with Crippen LogP contribution in [0.2, 0.25) is 10.0 Å². The molecule has 49 heavy (non-hydrogen) atoms. The van der Waals surface area contributed by atoms with E-state index in [1.54, 1.807) is 43.6 Å². The number of amides is 3. The minimum Gasteiger partial charge on any atom is -0.341 e. The van der Waals surface area contributed by atoms with Crippen molar-refractivity contribution in [2.75, 3.05) is 4.90 Å². The molecule has 2 aliphatic carbocycles. The van der Waals surface area contributed by atoms with Crippen LogP contribution in [0.1, 0.15) is 79.5 Å². The monoisotopic (exact) mass is 702 g/mol. The van der Waals surface area contributed by atoms with Crippen molar-refractivity contribution in [2.24, 2.45) is 0 Å². The zero-order valence-electron chi connectivity index (χ0n) is 27.3. The Morgan fingerprint density at radius 1 is 0.980 bits per heavy atom. The Balaban J connectivity index is 0.00000205. The lowest BCUT2D eigenvalue weighted by atomic mass is 9.91. The van der Waals surface area contributed by atoms with Crippen LogP contribution in [0.25, 0.3) is 0 Å². The molecule has 3 heterocycles. The lowest BCUT2D eigenvalue weighted by molar-refractivity contribution is -0.125. The van der Waals surface area contributed by atoms with Gasteiger partial charge in [-0.1, -0.05) is 49.2 Å². The number of imidazole rings is 1. The molecule has 1 aliphatic heterocycles. The number of rotatable bonds is 8. The molecule has 4 aromatic rings. The number of halogens is 3. The van der Waals surface area contributed by atoms with Crippen LogP contribution >= 0.6 is 23.2 Å². The number of nitrogens with one attached hydrogen (secondary N) is 2. The van der Waals surface area contributed by atoms with Gasteiger partial charge in [0.25, 0.3) is 11.8 Å². The van der Waals surface area contributed by atoms with Crippen molar-refractivity contribution in [1.82, 2.24) is 30.2 Å². The number of nitrogens with zero attached hydrogens (tertiary/aromatic N) is 6. The zero-order valence-corrected chi connectivity index (χ0v) is 28.8. The summed E-state index contributed by atoms with van der Waals surface area (Å²) >= 11 is 12.2. The number of carbonyl (C=O) groups excluding carboxylic acids is 3. The predicted molar refractivity (Wildman–Crippen MR) is 181 cm³/mol. The van der Waals surface area contributed by atoms with E-state index < -0.39 is 34.2 Å². The molecule has 1 atom stereocenters. The van der Waals surface area contributed by atoms with Gasteiger partial charge < -0.3 is 10.6 Å². The molecule has 0 saturated heterocycles. The fraction of sp³-hybridized carbons (Fsp3) is 0.343. The van der Waals surface area contributed by atoms with Gasteiger partial charge in [0.05, 0.1) is 33.6 Å². The van der Waals surface area contributed by atoms with Crippen LogP contribution in [0.15, 0.2) is 55.0 Å². The second kappa shape index (κ2) is 12.5. The third-order valence-corrected chi connectivity index (χ3v) is 9.59. The molecular weight excluding hydrogens is 670 g/mol. The second-order valence-corrected chi connectivity index (χ2v) is 13.4. The number of hydrogen-bond acceptors (Lipinski definition) is 7. The normalized spacial score (nSPS) is 19.2. The van der Waals surface area contributed by atoms with Gasteiger partial charge in [0, 0.05) is 18.8 Å². The van der Waals surface area contributed by atoms with Gasteiger partial charge in [-0.25, -0.2) is 24.2 Å². The molecule has 252 valence electrons. The van der Waals surface area contributed by atoms with E-state index in [0.29, 0.717) is 42.6 Å². The molecule has 3 aliphatic rings. The van der Waals surface area contributed by atoms with E-state index in [1.165, 1.54) is 27.8 Å². The first-order valence-electron chi connectivity index (χ1n) is 15.9. The number of nitriles is 1. The van der Waals surface area contributed by atoms with E-state index >= 15 is 0 Å². The van der Waals surface area contributed by atoms with E-state index in [1.807, 2.05) is 20.8 Å². The van der Waals surface area contributed by atoms with Crippen molar-refractivity contribution in [3.8, 4) is 6.07 Å². The van der Waals surface area contributed by atoms with Crippen LogP contribution in [-0.2, 0) is 27.1 Å². The predicted octanol–water partition coefficient (Wildman–Crippen LogP) is 6.03. The van der Waals surface area contributed by atoms with Gasteiger partial charge in [0.2, 0.25) is 11.9 Å². The maximum atomic E-state index is 14.3. The molecule has 0 radical (unpaired) electrons. The zero-order chi connectivity index (χ0) is 35.3. The van der Waals surface area contributed by atoms with Gasteiger partial charge in [0.15, 0.2) is 11.6 Å². The van der Waals surface area contributed by atoms with Gasteiger partial charge in [-0.2, -0.15) is 5.26 Å². The molecule has 2 aromatic heterocycles. The van der Waals surface area contributed by atoms with Crippen molar-refractivity contribution in [3.63, 3.8) is 0 Å². The average molecular weight is 704 g/mol. The number of hydrogen-bond donors (Lipinski definition) is 2. The van der Waals surface area contributed by atoms with Crippen molar-refractivity contribution >= 4 is 52.6 Å². The minimum absolute atomic E-state index is 0.0494. The van der Waals surface area contributed by atoms with E-state index in [0.717, 1.165) is 5.56 Å². The Morgan fingerprint density at radius 2 is 1.59 bits per heavy atom. The summed E-state index contributed by atoms with van der Waals surface area (Å²) in [5.74, 6) is -1.60. The van der Waals surface area contributed by atoms with E-state index in [9.17, 15) is 24.0 Å². The lowest BCUT2D eigenvalue weighted by Gasteiger charge is -2.27. The second-order valence-electron chi connectivity index (χ2n) is 12.6. The molecule has 14 heteroatoms. The summed E-state index contributed by atoms with van der Waals surface area (Å²) < 4.78 is 15.9. The van der Waals surface area contributed by atoms with Crippen molar-refractivity contribution in [3.05, 3.63) is 99.1 Å².